The Bertz CT molecular complexity index is 1370. The van der Waals surface area contributed by atoms with E-state index in [-0.39, 0.29) is 59.4 Å². The minimum atomic E-state index is -0.878. The molecular formula is C43H75N5O7. The van der Waals surface area contributed by atoms with Gasteiger partial charge < -0.3 is 35.0 Å². The van der Waals surface area contributed by atoms with Crippen LogP contribution in [-0.2, 0) is 28.7 Å². The van der Waals surface area contributed by atoms with Crippen molar-refractivity contribution in [3.63, 3.8) is 0 Å². The van der Waals surface area contributed by atoms with Gasteiger partial charge in [-0.05, 0) is 70.9 Å². The molecule has 1 aliphatic heterocycles. The molecule has 1 saturated heterocycles. The Morgan fingerprint density at radius 2 is 1.51 bits per heavy atom. The van der Waals surface area contributed by atoms with E-state index in [1.807, 2.05) is 72.0 Å². The largest absolute Gasteiger partial charge is 0.386 e. The fraction of sp³-hybridized carbons (Fsp3) is 0.767. The lowest BCUT2D eigenvalue weighted by Crippen LogP contribution is -2.61. The Labute approximate surface area is 332 Å². The number of aliphatic hydroxyl groups is 1. The van der Waals surface area contributed by atoms with Gasteiger partial charge in [0.1, 0.15) is 6.04 Å². The van der Waals surface area contributed by atoms with Crippen LogP contribution in [-0.4, -0.2) is 126 Å². The summed E-state index contributed by atoms with van der Waals surface area (Å²) in [4.78, 5) is 61.5. The first-order chi connectivity index (χ1) is 25.6. The fourth-order valence-electron chi connectivity index (χ4n) is 7.99. The smallest absolute Gasteiger partial charge is 0.245 e. The van der Waals surface area contributed by atoms with Crippen LogP contribution in [0.1, 0.15) is 114 Å². The number of likely N-dealkylation sites (N-methyl/N-ethyl adjacent to an activating group) is 2. The molecule has 1 aromatic carbocycles. The maximum absolute atomic E-state index is 14.4. The van der Waals surface area contributed by atoms with Crippen LogP contribution in [0.15, 0.2) is 30.3 Å². The van der Waals surface area contributed by atoms with E-state index in [9.17, 15) is 24.3 Å². The molecule has 0 aliphatic carbocycles. The summed E-state index contributed by atoms with van der Waals surface area (Å²) in [5.74, 6) is -1.62. The Morgan fingerprint density at radius 3 is 2.00 bits per heavy atom. The normalized spacial score (nSPS) is 20.0. The monoisotopic (exact) mass is 774 g/mol. The number of aliphatic hydroxyl groups excluding tert-OH is 1. The Balaban J connectivity index is 2.28. The van der Waals surface area contributed by atoms with Gasteiger partial charge in [-0.1, -0.05) is 85.2 Å². The zero-order chi connectivity index (χ0) is 41.9. The van der Waals surface area contributed by atoms with Gasteiger partial charge in [0.25, 0.3) is 0 Å². The van der Waals surface area contributed by atoms with Crippen LogP contribution in [0.4, 0.5) is 0 Å². The summed E-state index contributed by atoms with van der Waals surface area (Å²) < 4.78 is 12.0. The van der Waals surface area contributed by atoms with Gasteiger partial charge in [-0.15, -0.1) is 0 Å². The number of ether oxygens (including phenoxy) is 2. The van der Waals surface area contributed by atoms with Gasteiger partial charge >= 0.3 is 0 Å². The van der Waals surface area contributed by atoms with Crippen LogP contribution >= 0.6 is 0 Å². The number of rotatable bonds is 20. The predicted octanol–water partition coefficient (Wildman–Crippen LogP) is 5.04. The van der Waals surface area contributed by atoms with Crippen molar-refractivity contribution in [1.29, 1.82) is 0 Å². The molecule has 1 heterocycles. The molecule has 1 aliphatic rings. The van der Waals surface area contributed by atoms with Gasteiger partial charge in [0.2, 0.25) is 23.6 Å². The zero-order valence-corrected chi connectivity index (χ0v) is 36.6. The molecule has 1 unspecified atom stereocenters. The molecule has 4 amide bonds. The molecule has 0 spiro atoms. The SMILES string of the molecule is CC[C@H](C)[C@@H]([C@@H](CC(=O)N1CCC[C@H]1[C@H](OC)[C@@H](C)C(=O)N[C@H](C)[C@@H](O)c1ccccc1)OC)N(C)C(=O)C(NC(=O)[C@H](C(C)C)N(C)C(C)(C)C)C(C)C. The Hall–Kier alpha value is -3.06. The predicted molar refractivity (Wildman–Crippen MR) is 218 cm³/mol. The van der Waals surface area contributed by atoms with E-state index in [1.165, 1.54) is 0 Å². The zero-order valence-electron chi connectivity index (χ0n) is 36.6. The molecule has 3 N–H and O–H groups in total. The molecule has 0 saturated carbocycles. The van der Waals surface area contributed by atoms with Crippen molar-refractivity contribution in [2.45, 2.75) is 156 Å². The van der Waals surface area contributed by atoms with Crippen molar-refractivity contribution < 1.29 is 33.8 Å². The molecule has 2 rings (SSSR count). The highest BCUT2D eigenvalue weighted by Crippen LogP contribution is 2.30. The third-order valence-electron chi connectivity index (χ3n) is 11.8. The van der Waals surface area contributed by atoms with Crippen LogP contribution < -0.4 is 10.6 Å². The van der Waals surface area contributed by atoms with E-state index in [2.05, 4.69) is 43.2 Å². The summed E-state index contributed by atoms with van der Waals surface area (Å²) in [5.41, 5.74) is 0.454. The highest BCUT2D eigenvalue weighted by atomic mass is 16.5. The van der Waals surface area contributed by atoms with Crippen molar-refractivity contribution in [1.82, 2.24) is 25.3 Å². The average molecular weight is 774 g/mol. The maximum atomic E-state index is 14.4. The Kier molecular flexibility index (Phi) is 18.8. The number of nitrogens with zero attached hydrogens (tertiary/aromatic N) is 3. The molecule has 0 aromatic heterocycles. The molecule has 0 bridgehead atoms. The number of hydrogen-bond acceptors (Lipinski definition) is 8. The molecule has 55 heavy (non-hydrogen) atoms. The van der Waals surface area contributed by atoms with Crippen molar-refractivity contribution >= 4 is 23.6 Å². The van der Waals surface area contributed by atoms with Crippen molar-refractivity contribution in [2.75, 3.05) is 34.9 Å². The van der Waals surface area contributed by atoms with Crippen LogP contribution in [0.25, 0.3) is 0 Å². The first kappa shape index (κ1) is 48.1. The van der Waals surface area contributed by atoms with Crippen molar-refractivity contribution in [2.24, 2.45) is 23.7 Å². The Morgan fingerprint density at radius 1 is 0.909 bits per heavy atom. The third-order valence-corrected chi connectivity index (χ3v) is 11.8. The van der Waals surface area contributed by atoms with E-state index >= 15 is 0 Å². The summed E-state index contributed by atoms with van der Waals surface area (Å²) in [6.07, 6.45) is 0.119. The number of nitrogens with one attached hydrogen (secondary N) is 2. The highest BCUT2D eigenvalue weighted by molar-refractivity contribution is 5.90. The van der Waals surface area contributed by atoms with E-state index in [0.717, 1.165) is 12.8 Å². The summed E-state index contributed by atoms with van der Waals surface area (Å²) in [6, 6.07) is 6.65. The summed E-state index contributed by atoms with van der Waals surface area (Å²) in [6.45, 7) is 22.2. The maximum Gasteiger partial charge on any atom is 0.245 e. The number of benzene rings is 1. The third kappa shape index (κ3) is 12.5. The topological polar surface area (TPSA) is 141 Å². The number of methoxy groups -OCH3 is 2. The number of likely N-dealkylation sites (tertiary alicyclic amines) is 1. The molecule has 10 atom stereocenters. The van der Waals surface area contributed by atoms with Gasteiger partial charge in [-0.25, -0.2) is 0 Å². The van der Waals surface area contributed by atoms with E-state index in [4.69, 9.17) is 9.47 Å². The van der Waals surface area contributed by atoms with E-state index in [1.54, 1.807) is 44.9 Å². The molecule has 1 fully saturated rings. The van der Waals surface area contributed by atoms with Crippen molar-refractivity contribution in [3.8, 4) is 0 Å². The summed E-state index contributed by atoms with van der Waals surface area (Å²) in [5, 5.41) is 16.9. The molecule has 12 heteroatoms. The molecule has 12 nitrogen and oxygen atoms in total. The van der Waals surface area contributed by atoms with E-state index < -0.39 is 48.4 Å². The second-order valence-corrected chi connectivity index (χ2v) is 17.4. The lowest BCUT2D eigenvalue weighted by Gasteiger charge is -2.42. The summed E-state index contributed by atoms with van der Waals surface area (Å²) >= 11 is 0. The minimum Gasteiger partial charge on any atom is -0.386 e. The number of carbonyl (C=O) groups excluding carboxylic acids is 4. The van der Waals surface area contributed by atoms with Crippen LogP contribution in [0.2, 0.25) is 0 Å². The lowest BCUT2D eigenvalue weighted by atomic mass is 9.89. The quantitative estimate of drug-likeness (QED) is 0.168. The van der Waals surface area contributed by atoms with E-state index in [0.29, 0.717) is 18.5 Å². The standard InChI is InChI=1S/C43H75N5O7/c1-16-28(6)37(46(12)42(53)35(26(2)3)45-41(52)36(27(4)5)47(13)43(9,10)11)33(54-14)25-34(49)48-24-20-23-32(48)39(55-15)29(7)40(51)44-30(8)38(50)31-21-18-17-19-22-31/h17-19,21-22,26-30,32-33,35-39,50H,16,20,23-25H2,1-15H3,(H,44,51)(H,45,52)/t28-,29+,30+,32-,33+,35?,36-,37-,38+,39+/m0/s1. The average Bonchev–Trinajstić information content (AvgIpc) is 3.62. The number of carbonyl (C=O) groups is 4. The van der Waals surface area contributed by atoms with Gasteiger partial charge in [0.15, 0.2) is 0 Å². The molecular weight excluding hydrogens is 699 g/mol. The fourth-order valence-corrected chi connectivity index (χ4v) is 7.99. The molecule has 314 valence electrons. The minimum absolute atomic E-state index is 0.0159. The number of amides is 4. The number of hydrogen-bond donors (Lipinski definition) is 3. The first-order valence-corrected chi connectivity index (χ1v) is 20.3. The highest BCUT2D eigenvalue weighted by Gasteiger charge is 2.43. The second kappa shape index (κ2) is 21.5. The van der Waals surface area contributed by atoms with Gasteiger partial charge in [0.05, 0.1) is 54.8 Å². The van der Waals surface area contributed by atoms with Gasteiger partial charge in [0, 0.05) is 33.4 Å². The lowest BCUT2D eigenvalue weighted by molar-refractivity contribution is -0.148. The molecule has 1 aromatic rings. The second-order valence-electron chi connectivity index (χ2n) is 17.4. The summed E-state index contributed by atoms with van der Waals surface area (Å²) in [7, 11) is 6.81. The van der Waals surface area contributed by atoms with Crippen molar-refractivity contribution in [3.05, 3.63) is 35.9 Å². The molecule has 0 radical (unpaired) electrons. The first-order valence-electron chi connectivity index (χ1n) is 20.3. The van der Waals surface area contributed by atoms with Crippen LogP contribution in [0.3, 0.4) is 0 Å². The van der Waals surface area contributed by atoms with Gasteiger partial charge in [-0.2, -0.15) is 0 Å². The van der Waals surface area contributed by atoms with Crippen LogP contribution in [0.5, 0.6) is 0 Å². The van der Waals surface area contributed by atoms with Gasteiger partial charge in [-0.3, -0.25) is 24.1 Å². The van der Waals surface area contributed by atoms with Crippen LogP contribution in [0, 0.1) is 23.7 Å².